The summed E-state index contributed by atoms with van der Waals surface area (Å²) < 4.78 is 5.74. The molecule has 0 spiro atoms. The second-order valence-electron chi connectivity index (χ2n) is 5.58. The van der Waals surface area contributed by atoms with E-state index in [1.807, 2.05) is 18.2 Å². The Morgan fingerprint density at radius 2 is 2.10 bits per heavy atom. The fourth-order valence-corrected chi connectivity index (χ4v) is 2.33. The summed E-state index contributed by atoms with van der Waals surface area (Å²) in [6.45, 7) is 5.39. The molecule has 2 rings (SSSR count). The molecule has 2 N–H and O–H groups in total. The highest BCUT2D eigenvalue weighted by Crippen LogP contribution is 2.27. The van der Waals surface area contributed by atoms with E-state index in [4.69, 9.17) is 4.74 Å². The van der Waals surface area contributed by atoms with Gasteiger partial charge in [0, 0.05) is 17.6 Å². The molecule has 0 aromatic heterocycles. The molecule has 0 bridgehead atoms. The maximum absolute atomic E-state index is 11.7. The third kappa shape index (κ3) is 5.05. The van der Waals surface area contributed by atoms with Gasteiger partial charge in [0.1, 0.15) is 5.75 Å². The van der Waals surface area contributed by atoms with Crippen molar-refractivity contribution in [3.63, 3.8) is 0 Å². The monoisotopic (exact) mass is 290 g/mol. The highest BCUT2D eigenvalue weighted by molar-refractivity contribution is 5.78. The number of carbonyl (C=O) groups is 1. The smallest absolute Gasteiger partial charge is 0.258 e. The molecule has 1 aromatic rings. The molecule has 1 aliphatic rings. The van der Waals surface area contributed by atoms with Crippen LogP contribution in [0.5, 0.6) is 5.75 Å². The Balaban J connectivity index is 1.95. The van der Waals surface area contributed by atoms with Gasteiger partial charge in [-0.25, -0.2) is 0 Å². The molecule has 21 heavy (non-hydrogen) atoms. The highest BCUT2D eigenvalue weighted by atomic mass is 16.5. The number of amides is 1. The standard InChI is InChI=1S/C17H26N2O2/c1-3-11-18-15(4-2)14-7-5-6-8-16(14)21-12-17(20)19-13-9-10-13/h5-8,13,15,18H,3-4,9-12H2,1-2H3,(H,19,20). The Morgan fingerprint density at radius 1 is 1.33 bits per heavy atom. The molecule has 4 nitrogen and oxygen atoms in total. The van der Waals surface area contributed by atoms with Gasteiger partial charge in [0.05, 0.1) is 0 Å². The van der Waals surface area contributed by atoms with E-state index in [0.717, 1.165) is 43.5 Å². The number of para-hydroxylation sites is 1. The fourth-order valence-electron chi connectivity index (χ4n) is 2.33. The van der Waals surface area contributed by atoms with Gasteiger partial charge in [0.2, 0.25) is 0 Å². The lowest BCUT2D eigenvalue weighted by Gasteiger charge is -2.20. The first kappa shape index (κ1) is 15.8. The molecular weight excluding hydrogens is 264 g/mol. The second-order valence-corrected chi connectivity index (χ2v) is 5.58. The Hall–Kier alpha value is -1.55. The van der Waals surface area contributed by atoms with Gasteiger partial charge in [-0.05, 0) is 38.3 Å². The minimum Gasteiger partial charge on any atom is -0.483 e. The van der Waals surface area contributed by atoms with Crippen LogP contribution in [-0.2, 0) is 4.79 Å². The van der Waals surface area contributed by atoms with Crippen LogP contribution in [0.2, 0.25) is 0 Å². The summed E-state index contributed by atoms with van der Waals surface area (Å²) in [6, 6.07) is 8.63. The molecule has 0 radical (unpaired) electrons. The predicted molar refractivity (Wildman–Crippen MR) is 84.4 cm³/mol. The van der Waals surface area contributed by atoms with E-state index in [9.17, 15) is 4.79 Å². The quantitative estimate of drug-likeness (QED) is 0.735. The van der Waals surface area contributed by atoms with Gasteiger partial charge in [0.15, 0.2) is 6.61 Å². The molecule has 0 saturated heterocycles. The molecule has 4 heteroatoms. The third-order valence-corrected chi connectivity index (χ3v) is 3.64. The average molecular weight is 290 g/mol. The average Bonchev–Trinajstić information content (AvgIpc) is 3.31. The lowest BCUT2D eigenvalue weighted by atomic mass is 10.0. The fraction of sp³-hybridized carbons (Fsp3) is 0.588. The Kier molecular flexibility index (Phi) is 6.05. The van der Waals surface area contributed by atoms with Crippen molar-refractivity contribution in [3.8, 4) is 5.75 Å². The Morgan fingerprint density at radius 3 is 2.76 bits per heavy atom. The van der Waals surface area contributed by atoms with Crippen LogP contribution in [0, 0.1) is 0 Å². The number of hydrogen-bond acceptors (Lipinski definition) is 3. The van der Waals surface area contributed by atoms with Crippen molar-refractivity contribution in [3.05, 3.63) is 29.8 Å². The molecular formula is C17H26N2O2. The number of hydrogen-bond donors (Lipinski definition) is 2. The molecule has 0 aliphatic heterocycles. The molecule has 1 fully saturated rings. The molecule has 0 heterocycles. The molecule has 1 saturated carbocycles. The minimum atomic E-state index is -0.0260. The van der Waals surface area contributed by atoms with Crippen LogP contribution in [0.3, 0.4) is 0 Å². The van der Waals surface area contributed by atoms with Gasteiger partial charge in [-0.1, -0.05) is 32.0 Å². The number of nitrogens with one attached hydrogen (secondary N) is 2. The van der Waals surface area contributed by atoms with Crippen LogP contribution in [0.4, 0.5) is 0 Å². The summed E-state index contributed by atoms with van der Waals surface area (Å²) in [5.74, 6) is 0.778. The minimum absolute atomic E-state index is 0.0260. The first-order valence-corrected chi connectivity index (χ1v) is 7.99. The van der Waals surface area contributed by atoms with Crippen LogP contribution >= 0.6 is 0 Å². The third-order valence-electron chi connectivity index (χ3n) is 3.64. The topological polar surface area (TPSA) is 50.4 Å². The van der Waals surface area contributed by atoms with Crippen molar-refractivity contribution in [2.45, 2.75) is 51.6 Å². The van der Waals surface area contributed by atoms with Gasteiger partial charge < -0.3 is 15.4 Å². The van der Waals surface area contributed by atoms with E-state index in [1.165, 1.54) is 0 Å². The van der Waals surface area contributed by atoms with Crippen molar-refractivity contribution in [2.24, 2.45) is 0 Å². The number of benzene rings is 1. The first-order valence-electron chi connectivity index (χ1n) is 7.99. The van der Waals surface area contributed by atoms with Crippen molar-refractivity contribution >= 4 is 5.91 Å². The van der Waals surface area contributed by atoms with Crippen LogP contribution in [-0.4, -0.2) is 25.1 Å². The van der Waals surface area contributed by atoms with Gasteiger partial charge in [-0.15, -0.1) is 0 Å². The molecule has 1 amide bonds. The lowest BCUT2D eigenvalue weighted by molar-refractivity contribution is -0.123. The van der Waals surface area contributed by atoms with Crippen molar-refractivity contribution in [1.29, 1.82) is 0 Å². The van der Waals surface area contributed by atoms with E-state index in [-0.39, 0.29) is 18.6 Å². The Labute approximate surface area is 127 Å². The van der Waals surface area contributed by atoms with E-state index in [1.54, 1.807) is 0 Å². The summed E-state index contributed by atoms with van der Waals surface area (Å²) in [6.07, 6.45) is 4.29. The normalized spacial score (nSPS) is 15.5. The van der Waals surface area contributed by atoms with E-state index in [0.29, 0.717) is 6.04 Å². The summed E-state index contributed by atoms with van der Waals surface area (Å²) in [5, 5.41) is 6.47. The van der Waals surface area contributed by atoms with Gasteiger partial charge in [0.25, 0.3) is 5.91 Å². The summed E-state index contributed by atoms with van der Waals surface area (Å²) >= 11 is 0. The zero-order valence-corrected chi connectivity index (χ0v) is 13.0. The second kappa shape index (κ2) is 8.03. The number of carbonyl (C=O) groups excluding carboxylic acids is 1. The van der Waals surface area contributed by atoms with Crippen LogP contribution in [0.25, 0.3) is 0 Å². The number of ether oxygens (including phenoxy) is 1. The molecule has 1 atom stereocenters. The van der Waals surface area contributed by atoms with E-state index >= 15 is 0 Å². The lowest BCUT2D eigenvalue weighted by Crippen LogP contribution is -2.31. The SMILES string of the molecule is CCCNC(CC)c1ccccc1OCC(=O)NC1CC1. The summed E-state index contributed by atoms with van der Waals surface area (Å²) in [5.41, 5.74) is 1.13. The van der Waals surface area contributed by atoms with Crippen LogP contribution in [0.1, 0.15) is 51.1 Å². The molecule has 1 aliphatic carbocycles. The number of rotatable bonds is 9. The van der Waals surface area contributed by atoms with Gasteiger partial charge >= 0.3 is 0 Å². The van der Waals surface area contributed by atoms with Crippen molar-refractivity contribution < 1.29 is 9.53 Å². The van der Waals surface area contributed by atoms with Crippen LogP contribution in [0.15, 0.2) is 24.3 Å². The summed E-state index contributed by atoms with van der Waals surface area (Å²) in [4.78, 5) is 11.7. The zero-order chi connectivity index (χ0) is 15.1. The molecule has 116 valence electrons. The van der Waals surface area contributed by atoms with E-state index in [2.05, 4.69) is 30.5 Å². The Bertz CT molecular complexity index is 458. The highest BCUT2D eigenvalue weighted by Gasteiger charge is 2.23. The van der Waals surface area contributed by atoms with E-state index < -0.39 is 0 Å². The van der Waals surface area contributed by atoms with Crippen molar-refractivity contribution in [1.82, 2.24) is 10.6 Å². The molecule has 1 aromatic carbocycles. The maximum atomic E-state index is 11.7. The van der Waals surface area contributed by atoms with Gasteiger partial charge in [-0.2, -0.15) is 0 Å². The predicted octanol–water partition coefficient (Wildman–Crippen LogP) is 2.79. The van der Waals surface area contributed by atoms with Crippen molar-refractivity contribution in [2.75, 3.05) is 13.2 Å². The molecule has 1 unspecified atom stereocenters. The largest absolute Gasteiger partial charge is 0.483 e. The maximum Gasteiger partial charge on any atom is 0.258 e. The van der Waals surface area contributed by atoms with Crippen LogP contribution < -0.4 is 15.4 Å². The first-order chi connectivity index (χ1) is 10.2. The zero-order valence-electron chi connectivity index (χ0n) is 13.0. The van der Waals surface area contributed by atoms with Gasteiger partial charge in [-0.3, -0.25) is 4.79 Å². The summed E-state index contributed by atoms with van der Waals surface area (Å²) in [7, 11) is 0.